The summed E-state index contributed by atoms with van der Waals surface area (Å²) in [4.78, 5) is 19.0. The molecule has 0 saturated heterocycles. The number of nitrogens with zero attached hydrogens (tertiary/aromatic N) is 5. The molecule has 0 spiro atoms. The molecule has 0 aromatic carbocycles. The summed E-state index contributed by atoms with van der Waals surface area (Å²) in [5, 5.41) is 6.79. The van der Waals surface area contributed by atoms with Crippen LogP contribution in [0.4, 0.5) is 5.82 Å². The van der Waals surface area contributed by atoms with Crippen LogP contribution in [0.2, 0.25) is 5.28 Å². The number of hydrogen-bond donors (Lipinski definition) is 2. The molecule has 0 amide bonds. The summed E-state index contributed by atoms with van der Waals surface area (Å²) >= 11 is 5.80. The lowest BCUT2D eigenvalue weighted by atomic mass is 10.4. The van der Waals surface area contributed by atoms with Gasteiger partial charge in [0, 0.05) is 13.0 Å². The van der Waals surface area contributed by atoms with E-state index in [0.717, 1.165) is 0 Å². The molecule has 92 valence electrons. The Kier molecular flexibility index (Phi) is 2.77. The molecule has 0 aliphatic heterocycles. The molecule has 9 heteroatoms. The third kappa shape index (κ3) is 2.09. The van der Waals surface area contributed by atoms with Crippen molar-refractivity contribution in [2.75, 3.05) is 11.9 Å². The molecule has 2 N–H and O–H groups in total. The van der Waals surface area contributed by atoms with E-state index in [0.29, 0.717) is 35.8 Å². The minimum Gasteiger partial charge on any atom is -0.368 e. The number of aromatic amines is 1. The zero-order valence-electron chi connectivity index (χ0n) is 9.09. The van der Waals surface area contributed by atoms with Gasteiger partial charge in [0.15, 0.2) is 17.8 Å². The Bertz CT molecular complexity index is 650. The lowest BCUT2D eigenvalue weighted by molar-refractivity contribution is 0.380. The van der Waals surface area contributed by atoms with Crippen LogP contribution in [0, 0.1) is 0 Å². The SMILES string of the molecule is Clc1nc(NCCc2ncno2)c2[nH]cnc2n1. The highest BCUT2D eigenvalue weighted by Crippen LogP contribution is 2.18. The van der Waals surface area contributed by atoms with Crippen molar-refractivity contribution >= 4 is 28.6 Å². The predicted molar refractivity (Wildman–Crippen MR) is 63.2 cm³/mol. The van der Waals surface area contributed by atoms with E-state index >= 15 is 0 Å². The van der Waals surface area contributed by atoms with Crippen LogP contribution in [-0.2, 0) is 6.42 Å². The topological polar surface area (TPSA) is 105 Å². The minimum absolute atomic E-state index is 0.148. The summed E-state index contributed by atoms with van der Waals surface area (Å²) < 4.78 is 4.89. The van der Waals surface area contributed by atoms with E-state index in [2.05, 4.69) is 35.4 Å². The second-order valence-corrected chi connectivity index (χ2v) is 3.79. The van der Waals surface area contributed by atoms with E-state index in [1.165, 1.54) is 6.33 Å². The van der Waals surface area contributed by atoms with Crippen LogP contribution in [0.15, 0.2) is 17.2 Å². The summed E-state index contributed by atoms with van der Waals surface area (Å²) in [6, 6.07) is 0. The molecule has 3 aromatic heterocycles. The van der Waals surface area contributed by atoms with Crippen LogP contribution in [0.3, 0.4) is 0 Å². The molecule has 3 aromatic rings. The summed E-state index contributed by atoms with van der Waals surface area (Å²) in [5.74, 6) is 1.16. The number of halogens is 1. The van der Waals surface area contributed by atoms with E-state index in [9.17, 15) is 0 Å². The Morgan fingerprint density at radius 3 is 3.11 bits per heavy atom. The fraction of sp³-hybridized carbons (Fsp3) is 0.222. The first-order chi connectivity index (χ1) is 8.83. The van der Waals surface area contributed by atoms with Crippen LogP contribution in [0.1, 0.15) is 5.89 Å². The van der Waals surface area contributed by atoms with Crippen molar-refractivity contribution < 1.29 is 4.52 Å². The summed E-state index contributed by atoms with van der Waals surface area (Å²) in [6.07, 6.45) is 3.50. The number of nitrogens with one attached hydrogen (secondary N) is 2. The van der Waals surface area contributed by atoms with Gasteiger partial charge >= 0.3 is 0 Å². The number of anilines is 1. The first-order valence-electron chi connectivity index (χ1n) is 5.19. The average molecular weight is 266 g/mol. The Morgan fingerprint density at radius 2 is 2.28 bits per heavy atom. The van der Waals surface area contributed by atoms with Crippen molar-refractivity contribution in [3.05, 3.63) is 23.8 Å². The second kappa shape index (κ2) is 4.57. The highest BCUT2D eigenvalue weighted by atomic mass is 35.5. The van der Waals surface area contributed by atoms with Gasteiger partial charge in [0.2, 0.25) is 11.2 Å². The van der Waals surface area contributed by atoms with Crippen molar-refractivity contribution in [2.45, 2.75) is 6.42 Å². The standard InChI is InChI=1S/C9H8ClN7O/c10-9-16-7(6-8(17-9)14-3-13-6)11-2-1-5-12-4-15-18-5/h3-4H,1-2H2,(H2,11,13,14,16,17). The minimum atomic E-state index is 0.148. The van der Waals surface area contributed by atoms with E-state index in [-0.39, 0.29) is 5.28 Å². The van der Waals surface area contributed by atoms with E-state index < -0.39 is 0 Å². The molecule has 3 rings (SSSR count). The second-order valence-electron chi connectivity index (χ2n) is 3.45. The van der Waals surface area contributed by atoms with Gasteiger partial charge < -0.3 is 14.8 Å². The number of rotatable bonds is 4. The molecule has 0 unspecified atom stereocenters. The zero-order valence-corrected chi connectivity index (χ0v) is 9.85. The largest absolute Gasteiger partial charge is 0.368 e. The third-order valence-electron chi connectivity index (χ3n) is 2.30. The molecule has 0 radical (unpaired) electrons. The molecule has 0 fully saturated rings. The van der Waals surface area contributed by atoms with Crippen LogP contribution < -0.4 is 5.32 Å². The molecule has 18 heavy (non-hydrogen) atoms. The van der Waals surface area contributed by atoms with Gasteiger partial charge in [0.1, 0.15) is 5.52 Å². The normalized spacial score (nSPS) is 10.9. The van der Waals surface area contributed by atoms with Crippen LogP contribution in [0.5, 0.6) is 0 Å². The molecular formula is C9H8ClN7O. The van der Waals surface area contributed by atoms with Crippen molar-refractivity contribution in [3.63, 3.8) is 0 Å². The van der Waals surface area contributed by atoms with Gasteiger partial charge in [-0.05, 0) is 11.6 Å². The maximum absolute atomic E-state index is 5.80. The average Bonchev–Trinajstić information content (AvgIpc) is 2.98. The van der Waals surface area contributed by atoms with Crippen LogP contribution in [0.25, 0.3) is 11.2 Å². The van der Waals surface area contributed by atoms with E-state index in [4.69, 9.17) is 16.1 Å². The lowest BCUT2D eigenvalue weighted by Gasteiger charge is -2.04. The molecule has 0 atom stereocenters. The number of H-pyrrole nitrogens is 1. The Balaban J connectivity index is 1.75. The predicted octanol–water partition coefficient (Wildman–Crippen LogP) is 1.04. The van der Waals surface area contributed by atoms with Gasteiger partial charge in [0.25, 0.3) is 0 Å². The van der Waals surface area contributed by atoms with Gasteiger partial charge in [-0.25, -0.2) is 4.98 Å². The molecular weight excluding hydrogens is 258 g/mol. The van der Waals surface area contributed by atoms with E-state index in [1.54, 1.807) is 6.33 Å². The van der Waals surface area contributed by atoms with E-state index in [1.807, 2.05) is 0 Å². The number of imidazole rings is 1. The molecule has 0 aliphatic carbocycles. The summed E-state index contributed by atoms with van der Waals surface area (Å²) in [7, 11) is 0. The molecule has 3 heterocycles. The molecule has 0 aliphatic rings. The number of hydrogen-bond acceptors (Lipinski definition) is 7. The van der Waals surface area contributed by atoms with Gasteiger partial charge in [-0.2, -0.15) is 15.0 Å². The zero-order chi connectivity index (χ0) is 12.4. The quantitative estimate of drug-likeness (QED) is 0.679. The van der Waals surface area contributed by atoms with Gasteiger partial charge in [-0.1, -0.05) is 5.16 Å². The highest BCUT2D eigenvalue weighted by molar-refractivity contribution is 6.28. The first kappa shape index (κ1) is 10.9. The summed E-state index contributed by atoms with van der Waals surface area (Å²) in [6.45, 7) is 0.587. The van der Waals surface area contributed by atoms with Crippen LogP contribution >= 0.6 is 11.6 Å². The Labute approximate surface area is 106 Å². The third-order valence-corrected chi connectivity index (χ3v) is 2.47. The molecule has 0 saturated carbocycles. The van der Waals surface area contributed by atoms with Crippen molar-refractivity contribution in [2.24, 2.45) is 0 Å². The van der Waals surface area contributed by atoms with Crippen molar-refractivity contribution in [1.82, 2.24) is 30.1 Å². The number of fused-ring (bicyclic) bond motifs is 1. The monoisotopic (exact) mass is 265 g/mol. The van der Waals surface area contributed by atoms with Crippen molar-refractivity contribution in [1.29, 1.82) is 0 Å². The Morgan fingerprint density at radius 1 is 1.33 bits per heavy atom. The first-order valence-corrected chi connectivity index (χ1v) is 5.57. The maximum atomic E-state index is 5.80. The van der Waals surface area contributed by atoms with Crippen LogP contribution in [-0.4, -0.2) is 36.6 Å². The van der Waals surface area contributed by atoms with Gasteiger partial charge in [-0.3, -0.25) is 0 Å². The maximum Gasteiger partial charge on any atom is 0.228 e. The lowest BCUT2D eigenvalue weighted by Crippen LogP contribution is -2.07. The smallest absolute Gasteiger partial charge is 0.228 e. The molecule has 0 bridgehead atoms. The van der Waals surface area contributed by atoms with Crippen molar-refractivity contribution in [3.8, 4) is 0 Å². The van der Waals surface area contributed by atoms with Gasteiger partial charge in [-0.15, -0.1) is 0 Å². The fourth-order valence-electron chi connectivity index (χ4n) is 1.53. The molecule has 8 nitrogen and oxygen atoms in total. The fourth-order valence-corrected chi connectivity index (χ4v) is 1.69. The highest BCUT2D eigenvalue weighted by Gasteiger charge is 2.08. The number of aromatic nitrogens is 6. The Hall–Kier alpha value is -2.22. The summed E-state index contributed by atoms with van der Waals surface area (Å²) in [5.41, 5.74) is 1.24. The van der Waals surface area contributed by atoms with Gasteiger partial charge in [0.05, 0.1) is 6.33 Å².